The van der Waals surface area contributed by atoms with Crippen molar-refractivity contribution in [3.63, 3.8) is 0 Å². The quantitative estimate of drug-likeness (QED) is 0.742. The molecule has 1 aromatic heterocycles. The van der Waals surface area contributed by atoms with Gasteiger partial charge < -0.3 is 19.7 Å². The van der Waals surface area contributed by atoms with Gasteiger partial charge in [0, 0.05) is 29.8 Å². The predicted octanol–water partition coefficient (Wildman–Crippen LogP) is 3.66. The van der Waals surface area contributed by atoms with Gasteiger partial charge in [0.25, 0.3) is 0 Å². The standard InChI is InChI=1S/C21H18N2O4/c1-27-17-10-6-5-9-14(17)15-11-18(24)22-19-16(21(25)26)12-23(20(15)19)13-7-3-2-4-8-13/h2-10,12,15H,11H2,1H3,(H,22,24)(H,25,26). The van der Waals surface area contributed by atoms with Crippen LogP contribution in [0, 0.1) is 0 Å². The molecule has 0 saturated carbocycles. The Hall–Kier alpha value is -3.54. The van der Waals surface area contributed by atoms with Crippen LogP contribution in [-0.2, 0) is 4.79 Å². The highest BCUT2D eigenvalue weighted by atomic mass is 16.5. The first kappa shape index (κ1) is 16.9. The second-order valence-corrected chi connectivity index (χ2v) is 6.36. The van der Waals surface area contributed by atoms with Crippen LogP contribution in [0.1, 0.15) is 34.0 Å². The number of para-hydroxylation sites is 2. The van der Waals surface area contributed by atoms with Gasteiger partial charge in [-0.25, -0.2) is 4.79 Å². The van der Waals surface area contributed by atoms with Gasteiger partial charge in [-0.05, 0) is 18.2 Å². The number of nitrogens with zero attached hydrogens (tertiary/aromatic N) is 1. The molecular weight excluding hydrogens is 344 g/mol. The molecule has 27 heavy (non-hydrogen) atoms. The van der Waals surface area contributed by atoms with E-state index in [1.54, 1.807) is 13.3 Å². The number of rotatable bonds is 4. The SMILES string of the molecule is COc1ccccc1C1CC(=O)Nc2c(C(=O)O)cn(-c3ccccc3)c21. The van der Waals surface area contributed by atoms with Crippen LogP contribution in [0.5, 0.6) is 5.75 Å². The summed E-state index contributed by atoms with van der Waals surface area (Å²) in [5.74, 6) is -0.951. The molecule has 1 atom stereocenters. The Morgan fingerprint density at radius 1 is 1.15 bits per heavy atom. The maximum absolute atomic E-state index is 12.4. The molecule has 3 aromatic rings. The number of anilines is 1. The van der Waals surface area contributed by atoms with E-state index in [0.717, 1.165) is 16.9 Å². The van der Waals surface area contributed by atoms with E-state index in [1.165, 1.54) is 0 Å². The number of hydrogen-bond donors (Lipinski definition) is 2. The summed E-state index contributed by atoms with van der Waals surface area (Å²) in [6, 6.07) is 17.0. The molecule has 6 heteroatoms. The number of carbonyl (C=O) groups excluding carboxylic acids is 1. The average Bonchev–Trinajstić information content (AvgIpc) is 3.07. The molecule has 0 spiro atoms. The summed E-state index contributed by atoms with van der Waals surface area (Å²) < 4.78 is 7.33. The first-order chi connectivity index (χ1) is 13.1. The fourth-order valence-electron chi connectivity index (χ4n) is 3.64. The minimum atomic E-state index is -1.08. The van der Waals surface area contributed by atoms with Gasteiger partial charge in [-0.15, -0.1) is 0 Å². The lowest BCUT2D eigenvalue weighted by atomic mass is 9.87. The van der Waals surface area contributed by atoms with Crippen molar-refractivity contribution >= 4 is 17.6 Å². The second kappa shape index (κ2) is 6.64. The van der Waals surface area contributed by atoms with Gasteiger partial charge in [0.2, 0.25) is 5.91 Å². The molecule has 2 N–H and O–H groups in total. The third kappa shape index (κ3) is 2.85. The van der Waals surface area contributed by atoms with Crippen LogP contribution in [0.25, 0.3) is 5.69 Å². The van der Waals surface area contributed by atoms with Crippen LogP contribution in [0.2, 0.25) is 0 Å². The topological polar surface area (TPSA) is 80.6 Å². The summed E-state index contributed by atoms with van der Waals surface area (Å²) in [7, 11) is 1.58. The normalized spacial score (nSPS) is 15.7. The van der Waals surface area contributed by atoms with Gasteiger partial charge >= 0.3 is 5.97 Å². The fourth-order valence-corrected chi connectivity index (χ4v) is 3.64. The molecule has 1 aliphatic heterocycles. The average molecular weight is 362 g/mol. The van der Waals surface area contributed by atoms with E-state index in [1.807, 2.05) is 59.2 Å². The molecule has 4 rings (SSSR count). The number of carboxylic acids is 1. The van der Waals surface area contributed by atoms with Gasteiger partial charge in [0.1, 0.15) is 11.3 Å². The lowest BCUT2D eigenvalue weighted by molar-refractivity contribution is -0.116. The summed E-state index contributed by atoms with van der Waals surface area (Å²) in [6.45, 7) is 0. The minimum Gasteiger partial charge on any atom is -0.496 e. The summed E-state index contributed by atoms with van der Waals surface area (Å²) in [5.41, 5.74) is 2.84. The number of fused-ring (bicyclic) bond motifs is 1. The molecule has 2 aromatic carbocycles. The van der Waals surface area contributed by atoms with Crippen LogP contribution >= 0.6 is 0 Å². The third-order valence-electron chi connectivity index (χ3n) is 4.81. The number of hydrogen-bond acceptors (Lipinski definition) is 3. The summed E-state index contributed by atoms with van der Waals surface area (Å²) in [4.78, 5) is 24.2. The number of benzene rings is 2. The number of carbonyl (C=O) groups is 2. The molecule has 0 saturated heterocycles. The van der Waals surface area contributed by atoms with E-state index in [-0.39, 0.29) is 23.8 Å². The van der Waals surface area contributed by atoms with Gasteiger partial charge in [-0.2, -0.15) is 0 Å². The number of amides is 1. The Labute approximate surface area is 156 Å². The Balaban J connectivity index is 1.99. The van der Waals surface area contributed by atoms with E-state index in [9.17, 15) is 14.7 Å². The second-order valence-electron chi connectivity index (χ2n) is 6.36. The number of aromatic nitrogens is 1. The third-order valence-corrected chi connectivity index (χ3v) is 4.81. The van der Waals surface area contributed by atoms with Crippen LogP contribution in [0.4, 0.5) is 5.69 Å². The van der Waals surface area contributed by atoms with Crippen LogP contribution in [0.15, 0.2) is 60.8 Å². The molecule has 1 unspecified atom stereocenters. The smallest absolute Gasteiger partial charge is 0.339 e. The molecule has 1 amide bonds. The maximum atomic E-state index is 12.4. The monoisotopic (exact) mass is 362 g/mol. The van der Waals surface area contributed by atoms with Crippen molar-refractivity contribution in [2.24, 2.45) is 0 Å². The number of methoxy groups -OCH3 is 1. The summed E-state index contributed by atoms with van der Waals surface area (Å²) >= 11 is 0. The van der Waals surface area contributed by atoms with Crippen molar-refractivity contribution in [1.29, 1.82) is 0 Å². The Kier molecular flexibility index (Phi) is 4.16. The lowest BCUT2D eigenvalue weighted by Gasteiger charge is -2.27. The Morgan fingerprint density at radius 2 is 1.85 bits per heavy atom. The van der Waals surface area contributed by atoms with Crippen molar-refractivity contribution in [3.05, 3.63) is 77.6 Å². The zero-order valence-electron chi connectivity index (χ0n) is 14.7. The van der Waals surface area contributed by atoms with Crippen molar-refractivity contribution in [2.45, 2.75) is 12.3 Å². The highest BCUT2D eigenvalue weighted by Crippen LogP contribution is 2.44. The van der Waals surface area contributed by atoms with Crippen LogP contribution in [-0.4, -0.2) is 28.7 Å². The van der Waals surface area contributed by atoms with E-state index in [4.69, 9.17) is 4.74 Å². The molecular formula is C21H18N2O4. The lowest BCUT2D eigenvalue weighted by Crippen LogP contribution is -2.25. The van der Waals surface area contributed by atoms with Crippen molar-refractivity contribution in [1.82, 2.24) is 4.57 Å². The summed E-state index contributed by atoms with van der Waals surface area (Å²) in [5, 5.41) is 12.4. The molecule has 6 nitrogen and oxygen atoms in total. The number of nitrogens with one attached hydrogen (secondary N) is 1. The molecule has 1 aliphatic rings. The molecule has 2 heterocycles. The Bertz CT molecular complexity index is 1020. The maximum Gasteiger partial charge on any atom is 0.339 e. The number of aromatic carboxylic acids is 1. The zero-order valence-corrected chi connectivity index (χ0v) is 14.7. The number of carboxylic acid groups (broad SMARTS) is 1. The predicted molar refractivity (Wildman–Crippen MR) is 101 cm³/mol. The highest BCUT2D eigenvalue weighted by molar-refractivity contribution is 6.04. The van der Waals surface area contributed by atoms with Gasteiger partial charge in [0.15, 0.2) is 0 Å². The molecule has 0 aliphatic carbocycles. The first-order valence-corrected chi connectivity index (χ1v) is 8.57. The van der Waals surface area contributed by atoms with Crippen molar-refractivity contribution in [2.75, 3.05) is 12.4 Å². The van der Waals surface area contributed by atoms with Crippen LogP contribution in [0.3, 0.4) is 0 Å². The molecule has 136 valence electrons. The van der Waals surface area contributed by atoms with Gasteiger partial charge in [-0.3, -0.25) is 4.79 Å². The Morgan fingerprint density at radius 3 is 2.56 bits per heavy atom. The van der Waals surface area contributed by atoms with Crippen molar-refractivity contribution < 1.29 is 19.4 Å². The summed E-state index contributed by atoms with van der Waals surface area (Å²) in [6.07, 6.45) is 1.78. The highest BCUT2D eigenvalue weighted by Gasteiger charge is 2.35. The number of ether oxygens (including phenoxy) is 1. The fraction of sp³-hybridized carbons (Fsp3) is 0.143. The molecule has 0 bridgehead atoms. The molecule has 0 radical (unpaired) electrons. The van der Waals surface area contributed by atoms with E-state index in [0.29, 0.717) is 11.4 Å². The van der Waals surface area contributed by atoms with Crippen molar-refractivity contribution in [3.8, 4) is 11.4 Å². The van der Waals surface area contributed by atoms with Gasteiger partial charge in [0.05, 0.1) is 18.5 Å². The zero-order chi connectivity index (χ0) is 19.0. The van der Waals surface area contributed by atoms with Crippen LogP contribution < -0.4 is 10.1 Å². The minimum absolute atomic E-state index is 0.0711. The first-order valence-electron chi connectivity index (χ1n) is 8.57. The van der Waals surface area contributed by atoms with E-state index in [2.05, 4.69) is 5.32 Å². The van der Waals surface area contributed by atoms with Gasteiger partial charge in [-0.1, -0.05) is 36.4 Å². The van der Waals surface area contributed by atoms with E-state index >= 15 is 0 Å². The molecule has 0 fully saturated rings. The largest absolute Gasteiger partial charge is 0.496 e. The van der Waals surface area contributed by atoms with E-state index < -0.39 is 5.97 Å².